The molecule has 5 aromatic carbocycles. The molecule has 3 heteroatoms. The Morgan fingerprint density at radius 2 is 1.09 bits per heavy atom. The summed E-state index contributed by atoms with van der Waals surface area (Å²) in [5.41, 5.74) is 3.81. The number of aromatic nitrogens is 1. The molecule has 3 heterocycles. The van der Waals surface area contributed by atoms with Gasteiger partial charge in [-0.05, 0) is 36.4 Å². The maximum Gasteiger partial charge on any atom is 0.0640 e. The standard InChI is InChI=1S/C30H17NS2/c1-4-12-24-18(8-1)22-16-23-20-10-3-5-14-27(20)32-29(23)17-26(22)31(24)25-13-7-11-21-19-9-2-6-15-28(19)33-30(21)25/h1-17H. The molecule has 3 aromatic heterocycles. The Balaban J connectivity index is 1.57. The van der Waals surface area contributed by atoms with Crippen molar-refractivity contribution in [1.82, 2.24) is 4.57 Å². The Morgan fingerprint density at radius 3 is 1.94 bits per heavy atom. The first-order valence-electron chi connectivity index (χ1n) is 11.1. The maximum atomic E-state index is 2.48. The van der Waals surface area contributed by atoms with Crippen molar-refractivity contribution in [3.8, 4) is 5.69 Å². The summed E-state index contributed by atoms with van der Waals surface area (Å²) >= 11 is 3.78. The van der Waals surface area contributed by atoms with Gasteiger partial charge in [0.15, 0.2) is 0 Å². The van der Waals surface area contributed by atoms with Gasteiger partial charge >= 0.3 is 0 Å². The molecule has 33 heavy (non-hydrogen) atoms. The van der Waals surface area contributed by atoms with Crippen LogP contribution >= 0.6 is 22.7 Å². The topological polar surface area (TPSA) is 4.93 Å². The normalized spacial score (nSPS) is 12.2. The Kier molecular flexibility index (Phi) is 3.48. The van der Waals surface area contributed by atoms with Crippen molar-refractivity contribution in [2.24, 2.45) is 0 Å². The number of fused-ring (bicyclic) bond motifs is 9. The number of rotatable bonds is 1. The highest BCUT2D eigenvalue weighted by atomic mass is 32.1. The van der Waals surface area contributed by atoms with Gasteiger partial charge in [0.1, 0.15) is 0 Å². The van der Waals surface area contributed by atoms with E-state index in [2.05, 4.69) is 108 Å². The second-order valence-corrected chi connectivity index (χ2v) is 10.7. The van der Waals surface area contributed by atoms with Crippen LogP contribution in [0.15, 0.2) is 103 Å². The van der Waals surface area contributed by atoms with Crippen LogP contribution in [0.25, 0.3) is 67.8 Å². The van der Waals surface area contributed by atoms with E-state index in [0.717, 1.165) is 0 Å². The monoisotopic (exact) mass is 455 g/mol. The van der Waals surface area contributed by atoms with Crippen LogP contribution in [-0.4, -0.2) is 4.57 Å². The van der Waals surface area contributed by atoms with E-state index in [1.807, 2.05) is 22.7 Å². The number of nitrogens with zero attached hydrogens (tertiary/aromatic N) is 1. The summed E-state index contributed by atoms with van der Waals surface area (Å²) in [6.07, 6.45) is 0. The summed E-state index contributed by atoms with van der Waals surface area (Å²) in [6, 6.07) is 37.9. The third kappa shape index (κ3) is 2.36. The lowest BCUT2D eigenvalue weighted by molar-refractivity contribution is 1.20. The lowest BCUT2D eigenvalue weighted by Gasteiger charge is -2.09. The lowest BCUT2D eigenvalue weighted by Crippen LogP contribution is -1.93. The van der Waals surface area contributed by atoms with Crippen molar-refractivity contribution in [3.05, 3.63) is 103 Å². The van der Waals surface area contributed by atoms with E-state index < -0.39 is 0 Å². The van der Waals surface area contributed by atoms with Gasteiger partial charge in [0, 0.05) is 46.4 Å². The fourth-order valence-corrected chi connectivity index (χ4v) is 7.68. The zero-order valence-electron chi connectivity index (χ0n) is 17.6. The Labute approximate surface area is 197 Å². The van der Waals surface area contributed by atoms with Crippen molar-refractivity contribution < 1.29 is 0 Å². The van der Waals surface area contributed by atoms with E-state index in [1.54, 1.807) is 0 Å². The quantitative estimate of drug-likeness (QED) is 0.232. The molecule has 0 unspecified atom stereocenters. The second-order valence-electron chi connectivity index (χ2n) is 8.57. The van der Waals surface area contributed by atoms with Crippen LogP contribution < -0.4 is 0 Å². The van der Waals surface area contributed by atoms with Gasteiger partial charge < -0.3 is 4.57 Å². The fourth-order valence-electron chi connectivity index (χ4n) is 5.36. The molecule has 8 aromatic rings. The van der Waals surface area contributed by atoms with Crippen molar-refractivity contribution in [2.45, 2.75) is 0 Å². The molecule has 154 valence electrons. The molecule has 0 bridgehead atoms. The summed E-state index contributed by atoms with van der Waals surface area (Å²) < 4.78 is 7.86. The molecule has 0 aliphatic carbocycles. The molecule has 0 saturated carbocycles. The Bertz CT molecular complexity index is 2030. The SMILES string of the molecule is c1ccc2c(c1)sc1cc3c(cc12)c1ccccc1n3-c1cccc2c1sc1ccccc12. The average molecular weight is 456 g/mol. The van der Waals surface area contributed by atoms with Crippen LogP contribution in [0.1, 0.15) is 0 Å². The van der Waals surface area contributed by atoms with E-state index in [9.17, 15) is 0 Å². The fraction of sp³-hybridized carbons (Fsp3) is 0. The minimum atomic E-state index is 1.26. The number of benzene rings is 5. The van der Waals surface area contributed by atoms with E-state index in [4.69, 9.17) is 0 Å². The van der Waals surface area contributed by atoms with E-state index in [0.29, 0.717) is 0 Å². The molecule has 0 atom stereocenters. The third-order valence-electron chi connectivity index (χ3n) is 6.80. The molecule has 0 fully saturated rings. The van der Waals surface area contributed by atoms with Crippen LogP contribution in [0.4, 0.5) is 0 Å². The minimum Gasteiger partial charge on any atom is -0.308 e. The largest absolute Gasteiger partial charge is 0.308 e. The summed E-state index contributed by atoms with van der Waals surface area (Å²) in [5.74, 6) is 0. The molecule has 8 rings (SSSR count). The molecular formula is C30H17NS2. The van der Waals surface area contributed by atoms with Crippen molar-refractivity contribution in [2.75, 3.05) is 0 Å². The highest BCUT2D eigenvalue weighted by molar-refractivity contribution is 7.26. The molecule has 0 amide bonds. The summed E-state index contributed by atoms with van der Waals surface area (Å²) in [4.78, 5) is 0. The number of hydrogen-bond acceptors (Lipinski definition) is 2. The van der Waals surface area contributed by atoms with Crippen molar-refractivity contribution in [3.63, 3.8) is 0 Å². The number of para-hydroxylation sites is 1. The van der Waals surface area contributed by atoms with Crippen LogP contribution in [-0.2, 0) is 0 Å². The van der Waals surface area contributed by atoms with Crippen LogP contribution in [0.5, 0.6) is 0 Å². The lowest BCUT2D eigenvalue weighted by atomic mass is 10.1. The predicted molar refractivity (Wildman–Crippen MR) is 147 cm³/mol. The van der Waals surface area contributed by atoms with Crippen LogP contribution in [0.3, 0.4) is 0 Å². The highest BCUT2D eigenvalue weighted by Crippen LogP contribution is 2.43. The predicted octanol–water partition coefficient (Wildman–Crippen LogP) is 9.52. The first-order valence-corrected chi connectivity index (χ1v) is 12.8. The summed E-state index contributed by atoms with van der Waals surface area (Å²) in [7, 11) is 0. The first kappa shape index (κ1) is 17.8. The van der Waals surface area contributed by atoms with Crippen molar-refractivity contribution in [1.29, 1.82) is 0 Å². The van der Waals surface area contributed by atoms with Gasteiger partial charge in [0.2, 0.25) is 0 Å². The smallest absolute Gasteiger partial charge is 0.0640 e. The molecule has 0 aliphatic heterocycles. The Morgan fingerprint density at radius 1 is 0.424 bits per heavy atom. The van der Waals surface area contributed by atoms with Crippen LogP contribution in [0, 0.1) is 0 Å². The zero-order chi connectivity index (χ0) is 21.5. The molecule has 0 N–H and O–H groups in total. The van der Waals surface area contributed by atoms with Gasteiger partial charge in [-0.15, -0.1) is 22.7 Å². The molecule has 0 aliphatic rings. The van der Waals surface area contributed by atoms with Gasteiger partial charge in [-0.3, -0.25) is 0 Å². The Hall–Kier alpha value is -3.66. The highest BCUT2D eigenvalue weighted by Gasteiger charge is 2.18. The van der Waals surface area contributed by atoms with Gasteiger partial charge in [-0.1, -0.05) is 66.7 Å². The second kappa shape index (κ2) is 6.44. The van der Waals surface area contributed by atoms with Crippen molar-refractivity contribution >= 4 is 84.8 Å². The van der Waals surface area contributed by atoms with E-state index >= 15 is 0 Å². The zero-order valence-corrected chi connectivity index (χ0v) is 19.2. The number of thiophene rings is 2. The minimum absolute atomic E-state index is 1.26. The third-order valence-corrected chi connectivity index (χ3v) is 9.14. The van der Waals surface area contributed by atoms with Gasteiger partial charge in [0.05, 0.1) is 21.4 Å². The average Bonchev–Trinajstić information content (AvgIpc) is 3.52. The van der Waals surface area contributed by atoms with Gasteiger partial charge in [0.25, 0.3) is 0 Å². The molecule has 0 saturated heterocycles. The first-order chi connectivity index (χ1) is 16.4. The van der Waals surface area contributed by atoms with Gasteiger partial charge in [-0.25, -0.2) is 0 Å². The van der Waals surface area contributed by atoms with Crippen LogP contribution in [0.2, 0.25) is 0 Å². The van der Waals surface area contributed by atoms with Gasteiger partial charge in [-0.2, -0.15) is 0 Å². The van der Waals surface area contributed by atoms with E-state index in [1.165, 1.54) is 67.8 Å². The number of hydrogen-bond donors (Lipinski definition) is 0. The molecular weight excluding hydrogens is 438 g/mol. The maximum absolute atomic E-state index is 2.48. The molecule has 0 radical (unpaired) electrons. The molecule has 0 spiro atoms. The summed E-state index contributed by atoms with van der Waals surface area (Å²) in [5, 5.41) is 8.01. The molecule has 1 nitrogen and oxygen atoms in total. The van der Waals surface area contributed by atoms with E-state index in [-0.39, 0.29) is 0 Å². The summed E-state index contributed by atoms with van der Waals surface area (Å²) in [6.45, 7) is 0.